The van der Waals surface area contributed by atoms with Crippen molar-refractivity contribution in [3.63, 3.8) is 0 Å². The number of thiazole rings is 1. The second-order valence-corrected chi connectivity index (χ2v) is 5.63. The zero-order valence-corrected chi connectivity index (χ0v) is 11.9. The lowest BCUT2D eigenvalue weighted by Gasteiger charge is -2.13. The van der Waals surface area contributed by atoms with E-state index < -0.39 is 0 Å². The van der Waals surface area contributed by atoms with Crippen molar-refractivity contribution in [2.45, 2.75) is 64.8 Å². The van der Waals surface area contributed by atoms with Gasteiger partial charge in [0.2, 0.25) is 0 Å². The van der Waals surface area contributed by atoms with Crippen molar-refractivity contribution in [3.8, 4) is 0 Å². The van der Waals surface area contributed by atoms with Crippen LogP contribution in [0.3, 0.4) is 0 Å². The number of rotatable bonds is 9. The molecule has 17 heavy (non-hydrogen) atoms. The summed E-state index contributed by atoms with van der Waals surface area (Å²) in [7, 11) is 0. The topological polar surface area (TPSA) is 50.9 Å². The number of nitrogens with two attached hydrogens (primary N) is 1. The molecule has 0 saturated carbocycles. The zero-order valence-electron chi connectivity index (χ0n) is 11.0. The monoisotopic (exact) mass is 255 g/mol. The van der Waals surface area contributed by atoms with Crippen LogP contribution in [-0.4, -0.2) is 4.98 Å². The Kier molecular flexibility index (Phi) is 7.40. The van der Waals surface area contributed by atoms with Gasteiger partial charge in [-0.3, -0.25) is 11.3 Å². The van der Waals surface area contributed by atoms with Crippen LogP contribution in [0.15, 0.2) is 5.38 Å². The summed E-state index contributed by atoms with van der Waals surface area (Å²) >= 11 is 1.69. The van der Waals surface area contributed by atoms with Gasteiger partial charge >= 0.3 is 0 Å². The van der Waals surface area contributed by atoms with E-state index in [0.717, 1.165) is 17.1 Å². The molecule has 1 atom stereocenters. The number of aryl methyl sites for hydroxylation is 1. The van der Waals surface area contributed by atoms with Gasteiger partial charge in [0, 0.05) is 5.38 Å². The van der Waals surface area contributed by atoms with Crippen LogP contribution < -0.4 is 11.3 Å². The molecule has 0 radical (unpaired) electrons. The van der Waals surface area contributed by atoms with Crippen molar-refractivity contribution >= 4 is 11.3 Å². The van der Waals surface area contributed by atoms with Crippen molar-refractivity contribution in [2.24, 2.45) is 5.84 Å². The fourth-order valence-corrected chi connectivity index (χ4v) is 2.65. The minimum Gasteiger partial charge on any atom is -0.271 e. The molecule has 1 heterocycles. The van der Waals surface area contributed by atoms with Gasteiger partial charge in [-0.15, -0.1) is 11.3 Å². The molecule has 0 bridgehead atoms. The van der Waals surface area contributed by atoms with Gasteiger partial charge in [0.25, 0.3) is 0 Å². The third-order valence-corrected chi connectivity index (χ3v) is 3.83. The summed E-state index contributed by atoms with van der Waals surface area (Å²) in [6.07, 6.45) is 9.02. The first-order valence-corrected chi connectivity index (χ1v) is 7.54. The molecule has 0 aromatic carbocycles. The first kappa shape index (κ1) is 14.6. The van der Waals surface area contributed by atoms with Gasteiger partial charge in [0.15, 0.2) is 0 Å². The average Bonchev–Trinajstić information content (AvgIpc) is 2.75. The van der Waals surface area contributed by atoms with Crippen molar-refractivity contribution in [1.82, 2.24) is 10.4 Å². The van der Waals surface area contributed by atoms with Crippen LogP contribution in [0.25, 0.3) is 0 Å². The van der Waals surface area contributed by atoms with Gasteiger partial charge in [0.1, 0.15) is 0 Å². The normalized spacial score (nSPS) is 12.9. The summed E-state index contributed by atoms with van der Waals surface area (Å²) in [5.74, 6) is 5.59. The summed E-state index contributed by atoms with van der Waals surface area (Å²) in [4.78, 5) is 4.49. The van der Waals surface area contributed by atoms with E-state index in [1.165, 1.54) is 38.5 Å². The number of aromatic nitrogens is 1. The lowest BCUT2D eigenvalue weighted by molar-refractivity contribution is 0.470. The highest BCUT2D eigenvalue weighted by Crippen LogP contribution is 2.21. The van der Waals surface area contributed by atoms with Crippen molar-refractivity contribution in [3.05, 3.63) is 16.1 Å². The minimum atomic E-state index is 0.228. The Morgan fingerprint density at radius 3 is 2.59 bits per heavy atom. The molecule has 0 aliphatic heterocycles. The molecule has 0 saturated heterocycles. The first-order valence-electron chi connectivity index (χ1n) is 6.66. The second kappa shape index (κ2) is 8.61. The Labute approximate surface area is 109 Å². The van der Waals surface area contributed by atoms with E-state index in [9.17, 15) is 0 Å². The van der Waals surface area contributed by atoms with Gasteiger partial charge < -0.3 is 0 Å². The van der Waals surface area contributed by atoms with Crippen molar-refractivity contribution in [1.29, 1.82) is 0 Å². The van der Waals surface area contributed by atoms with Crippen LogP contribution in [0.2, 0.25) is 0 Å². The molecule has 1 aromatic heterocycles. The van der Waals surface area contributed by atoms with Gasteiger partial charge in [-0.25, -0.2) is 4.98 Å². The second-order valence-electron chi connectivity index (χ2n) is 4.57. The minimum absolute atomic E-state index is 0.228. The summed E-state index contributed by atoms with van der Waals surface area (Å²) in [6.45, 7) is 4.28. The van der Waals surface area contributed by atoms with E-state index in [1.54, 1.807) is 11.3 Å². The summed E-state index contributed by atoms with van der Waals surface area (Å²) in [5, 5.41) is 3.22. The molecule has 0 aliphatic carbocycles. The largest absolute Gasteiger partial charge is 0.271 e. The van der Waals surface area contributed by atoms with Crippen LogP contribution in [-0.2, 0) is 0 Å². The molecule has 1 rings (SSSR count). The van der Waals surface area contributed by atoms with Crippen LogP contribution in [0.5, 0.6) is 0 Å². The van der Waals surface area contributed by atoms with Crippen molar-refractivity contribution < 1.29 is 0 Å². The maximum absolute atomic E-state index is 5.59. The predicted octanol–water partition coefficient (Wildman–Crippen LogP) is 3.71. The molecule has 0 aliphatic rings. The molecule has 3 nitrogen and oxygen atoms in total. The third kappa shape index (κ3) is 5.61. The van der Waals surface area contributed by atoms with E-state index in [4.69, 9.17) is 5.84 Å². The van der Waals surface area contributed by atoms with Gasteiger partial charge in [-0.1, -0.05) is 45.4 Å². The number of hydrogen-bond donors (Lipinski definition) is 2. The molecule has 3 N–H and O–H groups in total. The molecule has 1 aromatic rings. The highest BCUT2D eigenvalue weighted by atomic mass is 32.1. The number of nitrogens with zero attached hydrogens (tertiary/aromatic N) is 1. The van der Waals surface area contributed by atoms with Gasteiger partial charge in [-0.2, -0.15) is 0 Å². The van der Waals surface area contributed by atoms with E-state index in [-0.39, 0.29) is 6.04 Å². The van der Waals surface area contributed by atoms with Gasteiger partial charge in [0.05, 0.1) is 16.7 Å². The Hall–Kier alpha value is -0.450. The number of hydrogen-bond acceptors (Lipinski definition) is 4. The van der Waals surface area contributed by atoms with E-state index in [1.807, 2.05) is 6.92 Å². The Morgan fingerprint density at radius 1 is 1.29 bits per heavy atom. The fourth-order valence-electron chi connectivity index (χ4n) is 1.99. The lowest BCUT2D eigenvalue weighted by atomic mass is 10.0. The predicted molar refractivity (Wildman–Crippen MR) is 74.9 cm³/mol. The Bertz CT molecular complexity index is 299. The highest BCUT2D eigenvalue weighted by Gasteiger charge is 2.11. The smallest absolute Gasteiger partial charge is 0.0898 e. The van der Waals surface area contributed by atoms with E-state index in [2.05, 4.69) is 22.7 Å². The summed E-state index contributed by atoms with van der Waals surface area (Å²) in [6, 6.07) is 0.228. The standard InChI is InChI=1S/C13H25N3S/c1-3-4-5-6-7-8-9-12(16-14)13-10-17-11(2)15-13/h10,12,16H,3-9,14H2,1-2H3. The Morgan fingerprint density at radius 2 is 2.00 bits per heavy atom. The highest BCUT2D eigenvalue weighted by molar-refractivity contribution is 7.09. The average molecular weight is 255 g/mol. The lowest BCUT2D eigenvalue weighted by Crippen LogP contribution is -2.28. The molecule has 0 amide bonds. The Balaban J connectivity index is 2.19. The molecule has 4 heteroatoms. The SMILES string of the molecule is CCCCCCCCC(NN)c1csc(C)n1. The molecular weight excluding hydrogens is 230 g/mol. The maximum Gasteiger partial charge on any atom is 0.0898 e. The number of unbranched alkanes of at least 4 members (excludes halogenated alkanes) is 5. The molecule has 98 valence electrons. The first-order chi connectivity index (χ1) is 8.27. The fraction of sp³-hybridized carbons (Fsp3) is 0.769. The van der Waals surface area contributed by atoms with Crippen LogP contribution in [0.4, 0.5) is 0 Å². The molecule has 0 fully saturated rings. The van der Waals surface area contributed by atoms with Crippen LogP contribution >= 0.6 is 11.3 Å². The van der Waals surface area contributed by atoms with E-state index in [0.29, 0.717) is 0 Å². The van der Waals surface area contributed by atoms with Crippen molar-refractivity contribution in [2.75, 3.05) is 0 Å². The van der Waals surface area contributed by atoms with Crippen LogP contribution in [0, 0.1) is 6.92 Å². The molecule has 0 spiro atoms. The third-order valence-electron chi connectivity index (χ3n) is 3.04. The van der Waals surface area contributed by atoms with E-state index >= 15 is 0 Å². The number of hydrazine groups is 1. The number of nitrogens with one attached hydrogen (secondary N) is 1. The quantitative estimate of drug-likeness (QED) is 0.402. The zero-order chi connectivity index (χ0) is 12.5. The van der Waals surface area contributed by atoms with Gasteiger partial charge in [-0.05, 0) is 13.3 Å². The molecular formula is C13H25N3S. The maximum atomic E-state index is 5.59. The summed E-state index contributed by atoms with van der Waals surface area (Å²) in [5.41, 5.74) is 3.98. The van der Waals surface area contributed by atoms with Crippen LogP contribution in [0.1, 0.15) is 68.6 Å². The summed E-state index contributed by atoms with van der Waals surface area (Å²) < 4.78 is 0. The molecule has 1 unspecified atom stereocenters.